The second kappa shape index (κ2) is 6.93. The van der Waals surface area contributed by atoms with Crippen molar-refractivity contribution in [3.05, 3.63) is 27.3 Å². The number of carbonyl (C=O) groups is 2. The summed E-state index contributed by atoms with van der Waals surface area (Å²) < 4.78 is 0.511. The highest BCUT2D eigenvalue weighted by atomic mass is 32.2. The Bertz CT molecular complexity index is 615. The zero-order valence-corrected chi connectivity index (χ0v) is 15.2. The van der Waals surface area contributed by atoms with Crippen molar-refractivity contribution in [2.75, 3.05) is 6.54 Å². The van der Waals surface area contributed by atoms with Crippen LogP contribution >= 0.6 is 35.3 Å². The van der Waals surface area contributed by atoms with Gasteiger partial charge in [0.1, 0.15) is 4.32 Å². The van der Waals surface area contributed by atoms with Crippen LogP contribution < -0.4 is 5.32 Å². The van der Waals surface area contributed by atoms with Crippen molar-refractivity contribution in [3.8, 4) is 0 Å². The van der Waals surface area contributed by atoms with Gasteiger partial charge in [0.05, 0.1) is 4.91 Å². The van der Waals surface area contributed by atoms with Crippen molar-refractivity contribution in [2.24, 2.45) is 0 Å². The second-order valence-corrected chi connectivity index (χ2v) is 8.55. The summed E-state index contributed by atoms with van der Waals surface area (Å²) in [4.78, 5) is 27.4. The molecule has 2 heterocycles. The minimum Gasteiger partial charge on any atom is -0.351 e. The van der Waals surface area contributed by atoms with Crippen LogP contribution in [0.1, 0.15) is 32.1 Å². The van der Waals surface area contributed by atoms with E-state index in [0.29, 0.717) is 15.8 Å². The summed E-state index contributed by atoms with van der Waals surface area (Å²) in [5.41, 5.74) is -0.272. The van der Waals surface area contributed by atoms with E-state index < -0.39 is 0 Å². The van der Waals surface area contributed by atoms with Gasteiger partial charge in [-0.15, -0.1) is 11.3 Å². The van der Waals surface area contributed by atoms with Crippen molar-refractivity contribution in [1.29, 1.82) is 0 Å². The molecule has 2 amide bonds. The molecule has 118 valence electrons. The molecule has 0 bridgehead atoms. The maximum absolute atomic E-state index is 12.4. The Labute approximate surface area is 144 Å². The predicted molar refractivity (Wildman–Crippen MR) is 96.7 cm³/mol. The van der Waals surface area contributed by atoms with E-state index in [1.54, 1.807) is 11.3 Å². The van der Waals surface area contributed by atoms with Gasteiger partial charge in [-0.05, 0) is 38.3 Å². The monoisotopic (exact) mass is 354 g/mol. The van der Waals surface area contributed by atoms with Gasteiger partial charge in [-0.1, -0.05) is 30.0 Å². The lowest BCUT2D eigenvalue weighted by Crippen LogP contribution is -2.42. The number of rotatable bonds is 4. The van der Waals surface area contributed by atoms with E-state index in [0.717, 1.165) is 4.88 Å². The highest BCUT2D eigenvalue weighted by Crippen LogP contribution is 2.33. The topological polar surface area (TPSA) is 49.4 Å². The van der Waals surface area contributed by atoms with Gasteiger partial charge in [-0.2, -0.15) is 0 Å². The highest BCUT2D eigenvalue weighted by molar-refractivity contribution is 8.26. The van der Waals surface area contributed by atoms with Gasteiger partial charge in [0, 0.05) is 23.4 Å². The van der Waals surface area contributed by atoms with Crippen LogP contribution in [0.15, 0.2) is 22.4 Å². The standard InChI is InChI=1S/C15H18N2O2S3/c1-15(2,3)16-12(18)6-7-17-13(19)11(22-14(17)20)9-10-5-4-8-21-10/h4-5,8-9H,6-7H2,1-3H3,(H,16,18). The fourth-order valence-corrected chi connectivity index (χ4v) is 3.92. The third-order valence-corrected chi connectivity index (χ3v) is 4.96. The second-order valence-electron chi connectivity index (χ2n) is 5.90. The average Bonchev–Trinajstić information content (AvgIpc) is 2.96. The van der Waals surface area contributed by atoms with Crippen LogP contribution in [0.4, 0.5) is 0 Å². The molecule has 0 aromatic carbocycles. The Morgan fingerprint density at radius 3 is 2.77 bits per heavy atom. The van der Waals surface area contributed by atoms with Crippen LogP contribution in [0.2, 0.25) is 0 Å². The van der Waals surface area contributed by atoms with Gasteiger partial charge in [0.15, 0.2) is 0 Å². The molecular weight excluding hydrogens is 336 g/mol. The van der Waals surface area contributed by atoms with Gasteiger partial charge in [0.25, 0.3) is 5.91 Å². The molecule has 0 atom stereocenters. The lowest BCUT2D eigenvalue weighted by Gasteiger charge is -2.21. The third kappa shape index (κ3) is 4.66. The van der Waals surface area contributed by atoms with Crippen LogP contribution in [-0.2, 0) is 9.59 Å². The minimum atomic E-state index is -0.272. The van der Waals surface area contributed by atoms with E-state index in [-0.39, 0.29) is 23.8 Å². The van der Waals surface area contributed by atoms with Crippen molar-refractivity contribution >= 4 is 57.5 Å². The Kier molecular flexibility index (Phi) is 5.41. The molecule has 0 saturated carbocycles. The zero-order valence-electron chi connectivity index (χ0n) is 12.7. The molecular formula is C15H18N2O2S3. The molecule has 1 N–H and O–H groups in total. The first-order valence-corrected chi connectivity index (χ1v) is 8.96. The van der Waals surface area contributed by atoms with Crippen molar-refractivity contribution < 1.29 is 9.59 Å². The fourth-order valence-electron chi connectivity index (χ4n) is 1.89. The predicted octanol–water partition coefficient (Wildman–Crippen LogP) is 3.25. The molecule has 4 nitrogen and oxygen atoms in total. The maximum Gasteiger partial charge on any atom is 0.266 e. The van der Waals surface area contributed by atoms with E-state index in [2.05, 4.69) is 5.32 Å². The SMILES string of the molecule is CC(C)(C)NC(=O)CCN1C(=O)C(=Cc2cccs2)SC1=S. The summed E-state index contributed by atoms with van der Waals surface area (Å²) in [5, 5.41) is 4.84. The third-order valence-electron chi connectivity index (χ3n) is 2.77. The largest absolute Gasteiger partial charge is 0.351 e. The Morgan fingerprint density at radius 1 is 1.45 bits per heavy atom. The summed E-state index contributed by atoms with van der Waals surface area (Å²) in [7, 11) is 0. The number of thioether (sulfide) groups is 1. The van der Waals surface area contributed by atoms with Crippen molar-refractivity contribution in [2.45, 2.75) is 32.7 Å². The normalized spacial score (nSPS) is 17.4. The molecule has 1 saturated heterocycles. The van der Waals surface area contributed by atoms with Gasteiger partial charge in [-0.3, -0.25) is 14.5 Å². The summed E-state index contributed by atoms with van der Waals surface area (Å²) in [6, 6.07) is 3.89. The van der Waals surface area contributed by atoms with Crippen molar-refractivity contribution in [1.82, 2.24) is 10.2 Å². The molecule has 1 aromatic rings. The van der Waals surface area contributed by atoms with Crippen LogP contribution in [0, 0.1) is 0 Å². The van der Waals surface area contributed by atoms with Crippen LogP contribution in [0.3, 0.4) is 0 Å². The average molecular weight is 355 g/mol. The quantitative estimate of drug-likeness (QED) is 0.666. The molecule has 0 radical (unpaired) electrons. The number of nitrogens with one attached hydrogen (secondary N) is 1. The van der Waals surface area contributed by atoms with E-state index >= 15 is 0 Å². The van der Waals surface area contributed by atoms with Gasteiger partial charge >= 0.3 is 0 Å². The Hall–Kier alpha value is -1.18. The number of nitrogens with zero attached hydrogens (tertiary/aromatic N) is 1. The van der Waals surface area contributed by atoms with E-state index in [9.17, 15) is 9.59 Å². The van der Waals surface area contributed by atoms with Crippen LogP contribution in [0.25, 0.3) is 6.08 Å². The van der Waals surface area contributed by atoms with Gasteiger partial charge < -0.3 is 5.32 Å². The number of thiophene rings is 1. The molecule has 7 heteroatoms. The molecule has 1 aromatic heterocycles. The lowest BCUT2D eigenvalue weighted by atomic mass is 10.1. The number of hydrogen-bond donors (Lipinski definition) is 1. The Balaban J connectivity index is 1.97. The summed E-state index contributed by atoms with van der Waals surface area (Å²) >= 11 is 8.11. The lowest BCUT2D eigenvalue weighted by molar-refractivity contribution is -0.124. The van der Waals surface area contributed by atoms with Gasteiger partial charge in [-0.25, -0.2) is 0 Å². The molecule has 22 heavy (non-hydrogen) atoms. The molecule has 1 aliphatic rings. The van der Waals surface area contributed by atoms with Gasteiger partial charge in [0.2, 0.25) is 5.91 Å². The number of carbonyl (C=O) groups excluding carboxylic acids is 2. The molecule has 1 aliphatic heterocycles. The molecule has 0 aliphatic carbocycles. The van der Waals surface area contributed by atoms with Crippen LogP contribution in [-0.4, -0.2) is 33.1 Å². The first kappa shape index (κ1) is 17.2. The van der Waals surface area contributed by atoms with E-state index in [1.165, 1.54) is 16.7 Å². The molecule has 0 unspecified atom stereocenters. The minimum absolute atomic E-state index is 0.0798. The van der Waals surface area contributed by atoms with Crippen LogP contribution in [0.5, 0.6) is 0 Å². The molecule has 1 fully saturated rings. The fraction of sp³-hybridized carbons (Fsp3) is 0.400. The zero-order chi connectivity index (χ0) is 16.3. The van der Waals surface area contributed by atoms with Crippen molar-refractivity contribution in [3.63, 3.8) is 0 Å². The highest BCUT2D eigenvalue weighted by Gasteiger charge is 2.32. The Morgan fingerprint density at radius 2 is 2.18 bits per heavy atom. The maximum atomic E-state index is 12.4. The summed E-state index contributed by atoms with van der Waals surface area (Å²) in [6.07, 6.45) is 2.09. The molecule has 2 rings (SSSR count). The van der Waals surface area contributed by atoms with E-state index in [1.807, 2.05) is 44.4 Å². The smallest absolute Gasteiger partial charge is 0.266 e. The number of hydrogen-bond acceptors (Lipinski definition) is 5. The molecule has 0 spiro atoms. The first-order chi connectivity index (χ1) is 10.3. The van der Waals surface area contributed by atoms with E-state index in [4.69, 9.17) is 12.2 Å². The number of amides is 2. The summed E-state index contributed by atoms with van der Waals surface area (Å²) in [6.45, 7) is 6.09. The number of thiocarbonyl (C=S) groups is 1. The summed E-state index contributed by atoms with van der Waals surface area (Å²) in [5.74, 6) is -0.198. The first-order valence-electron chi connectivity index (χ1n) is 6.86.